The van der Waals surface area contributed by atoms with Gasteiger partial charge in [-0.3, -0.25) is 0 Å². The zero-order valence-electron chi connectivity index (χ0n) is 7.46. The molecule has 0 aromatic heterocycles. The van der Waals surface area contributed by atoms with Crippen LogP contribution in [0.2, 0.25) is 0 Å². The third kappa shape index (κ3) is 1.44. The van der Waals surface area contributed by atoms with Crippen LogP contribution < -0.4 is 5.73 Å². The zero-order chi connectivity index (χ0) is 10.3. The Labute approximate surface area is 90.0 Å². The van der Waals surface area contributed by atoms with E-state index in [1.54, 1.807) is 6.07 Å². The number of nitrogens with two attached hydrogens (primary N) is 1. The first-order chi connectivity index (χ1) is 6.59. The molecule has 2 rings (SSSR count). The van der Waals surface area contributed by atoms with E-state index in [2.05, 4.69) is 15.9 Å². The van der Waals surface area contributed by atoms with Crippen LogP contribution in [0.5, 0.6) is 0 Å². The molecule has 0 amide bonds. The molecule has 14 heavy (non-hydrogen) atoms. The van der Waals surface area contributed by atoms with Crippen LogP contribution in [0.15, 0.2) is 16.6 Å². The fourth-order valence-electron chi connectivity index (χ4n) is 1.83. The van der Waals surface area contributed by atoms with E-state index >= 15 is 0 Å². The van der Waals surface area contributed by atoms with Gasteiger partial charge in [0.1, 0.15) is 0 Å². The minimum Gasteiger partial charge on any atom is -0.478 e. The van der Waals surface area contributed by atoms with Gasteiger partial charge in [-0.15, -0.1) is 0 Å². The summed E-state index contributed by atoms with van der Waals surface area (Å²) in [6, 6.07) is 3.61. The molecule has 0 radical (unpaired) electrons. The molecule has 0 heterocycles. The predicted octanol–water partition coefficient (Wildman–Crippen LogP) is 2.09. The highest BCUT2D eigenvalue weighted by Gasteiger charge is 2.22. The highest BCUT2D eigenvalue weighted by Crippen LogP contribution is 2.33. The van der Waals surface area contributed by atoms with Crippen molar-refractivity contribution in [3.8, 4) is 0 Å². The average Bonchev–Trinajstić information content (AvgIpc) is 2.46. The van der Waals surface area contributed by atoms with Gasteiger partial charge in [-0.2, -0.15) is 0 Å². The van der Waals surface area contributed by atoms with E-state index in [9.17, 15) is 4.79 Å². The van der Waals surface area contributed by atoms with E-state index < -0.39 is 5.97 Å². The normalized spacial score (nSPS) is 19.4. The monoisotopic (exact) mass is 255 g/mol. The quantitative estimate of drug-likeness (QED) is 0.808. The standard InChI is InChI=1S/C10H10BrNO2/c11-8-4-6-5(1-2-9(6)12)3-7(8)10(13)14/h3-4,9H,1-2,12H2,(H,13,14)/t9-/m0/s1. The van der Waals surface area contributed by atoms with Gasteiger partial charge in [0.2, 0.25) is 0 Å². The summed E-state index contributed by atoms with van der Waals surface area (Å²) in [6.07, 6.45) is 1.79. The summed E-state index contributed by atoms with van der Waals surface area (Å²) in [5.41, 5.74) is 8.33. The van der Waals surface area contributed by atoms with Crippen molar-refractivity contribution in [2.75, 3.05) is 0 Å². The first kappa shape index (κ1) is 9.68. The summed E-state index contributed by atoms with van der Waals surface area (Å²) in [5, 5.41) is 8.90. The van der Waals surface area contributed by atoms with Crippen LogP contribution >= 0.6 is 15.9 Å². The summed E-state index contributed by atoms with van der Waals surface area (Å²) in [5.74, 6) is -0.903. The van der Waals surface area contributed by atoms with Gasteiger partial charge in [-0.25, -0.2) is 4.79 Å². The molecule has 0 saturated carbocycles. The summed E-state index contributed by atoms with van der Waals surface area (Å²) in [7, 11) is 0. The molecule has 0 unspecified atom stereocenters. The number of hydrogen-bond donors (Lipinski definition) is 2. The van der Waals surface area contributed by atoms with Crippen molar-refractivity contribution >= 4 is 21.9 Å². The van der Waals surface area contributed by atoms with Gasteiger partial charge >= 0.3 is 5.97 Å². The molecule has 0 spiro atoms. The number of carboxylic acid groups (broad SMARTS) is 1. The average molecular weight is 256 g/mol. The minimum absolute atomic E-state index is 0.0594. The first-order valence-corrected chi connectivity index (χ1v) is 5.20. The van der Waals surface area contributed by atoms with Crippen LogP contribution in [-0.4, -0.2) is 11.1 Å². The molecule has 3 nitrogen and oxygen atoms in total. The van der Waals surface area contributed by atoms with Crippen LogP contribution in [0.4, 0.5) is 0 Å². The molecule has 1 aliphatic carbocycles. The van der Waals surface area contributed by atoms with Crippen LogP contribution in [0.3, 0.4) is 0 Å². The lowest BCUT2D eigenvalue weighted by molar-refractivity contribution is 0.0696. The number of aromatic carboxylic acids is 1. The first-order valence-electron chi connectivity index (χ1n) is 4.41. The fraction of sp³-hybridized carbons (Fsp3) is 0.300. The van der Waals surface area contributed by atoms with Crippen molar-refractivity contribution in [1.82, 2.24) is 0 Å². The molecule has 1 atom stereocenters. The lowest BCUT2D eigenvalue weighted by atomic mass is 10.1. The van der Waals surface area contributed by atoms with Gasteiger partial charge in [0.15, 0.2) is 0 Å². The van der Waals surface area contributed by atoms with Crippen LogP contribution in [-0.2, 0) is 6.42 Å². The van der Waals surface area contributed by atoms with Gasteiger partial charge < -0.3 is 10.8 Å². The Hall–Kier alpha value is -0.870. The Bertz CT molecular complexity index is 403. The van der Waals surface area contributed by atoms with Crippen molar-refractivity contribution in [3.05, 3.63) is 33.3 Å². The van der Waals surface area contributed by atoms with Gasteiger partial charge in [-0.05, 0) is 52.0 Å². The maximum Gasteiger partial charge on any atom is 0.336 e. The smallest absolute Gasteiger partial charge is 0.336 e. The molecule has 1 aliphatic rings. The van der Waals surface area contributed by atoms with E-state index in [0.29, 0.717) is 10.0 Å². The summed E-state index contributed by atoms with van der Waals surface area (Å²) in [6.45, 7) is 0. The molecule has 74 valence electrons. The Morgan fingerprint density at radius 1 is 1.57 bits per heavy atom. The minimum atomic E-state index is -0.903. The second-order valence-corrected chi connectivity index (χ2v) is 4.34. The molecular weight excluding hydrogens is 246 g/mol. The summed E-state index contributed by atoms with van der Waals surface area (Å²) < 4.78 is 0.612. The van der Waals surface area contributed by atoms with E-state index in [1.165, 1.54) is 0 Å². The largest absolute Gasteiger partial charge is 0.478 e. The predicted molar refractivity (Wildman–Crippen MR) is 56.4 cm³/mol. The number of carbonyl (C=O) groups is 1. The number of aryl methyl sites for hydroxylation is 1. The van der Waals surface area contributed by atoms with Crippen molar-refractivity contribution in [1.29, 1.82) is 0 Å². The van der Waals surface area contributed by atoms with Crippen molar-refractivity contribution in [2.45, 2.75) is 18.9 Å². The molecule has 3 N–H and O–H groups in total. The SMILES string of the molecule is N[C@H]1CCc2cc(C(=O)O)c(Br)cc21. The van der Waals surface area contributed by atoms with Crippen LogP contribution in [0.25, 0.3) is 0 Å². The summed E-state index contributed by atoms with van der Waals surface area (Å²) in [4.78, 5) is 10.8. The van der Waals surface area contributed by atoms with E-state index in [-0.39, 0.29) is 6.04 Å². The highest BCUT2D eigenvalue weighted by molar-refractivity contribution is 9.10. The highest BCUT2D eigenvalue weighted by atomic mass is 79.9. The Morgan fingerprint density at radius 3 is 2.93 bits per heavy atom. The molecule has 1 aromatic rings. The third-order valence-corrected chi connectivity index (χ3v) is 3.24. The van der Waals surface area contributed by atoms with E-state index in [0.717, 1.165) is 24.0 Å². The Kier molecular flexibility index (Phi) is 2.33. The van der Waals surface area contributed by atoms with Gasteiger partial charge in [0.25, 0.3) is 0 Å². The fourth-order valence-corrected chi connectivity index (χ4v) is 2.36. The molecule has 0 aliphatic heterocycles. The number of fused-ring (bicyclic) bond motifs is 1. The zero-order valence-corrected chi connectivity index (χ0v) is 9.04. The molecule has 1 aromatic carbocycles. The number of rotatable bonds is 1. The topological polar surface area (TPSA) is 63.3 Å². The second kappa shape index (κ2) is 3.37. The summed E-state index contributed by atoms with van der Waals surface area (Å²) >= 11 is 3.24. The molecule has 0 bridgehead atoms. The molecule has 0 saturated heterocycles. The Morgan fingerprint density at radius 2 is 2.29 bits per heavy atom. The lowest BCUT2D eigenvalue weighted by Gasteiger charge is -2.07. The van der Waals surface area contributed by atoms with Gasteiger partial charge in [0.05, 0.1) is 5.56 Å². The van der Waals surface area contributed by atoms with Gasteiger partial charge in [0, 0.05) is 10.5 Å². The third-order valence-electron chi connectivity index (χ3n) is 2.58. The van der Waals surface area contributed by atoms with Crippen molar-refractivity contribution < 1.29 is 9.90 Å². The van der Waals surface area contributed by atoms with Crippen LogP contribution in [0.1, 0.15) is 33.9 Å². The number of hydrogen-bond acceptors (Lipinski definition) is 2. The van der Waals surface area contributed by atoms with E-state index in [4.69, 9.17) is 10.8 Å². The lowest BCUT2D eigenvalue weighted by Crippen LogP contribution is -2.06. The van der Waals surface area contributed by atoms with E-state index in [1.807, 2.05) is 6.07 Å². The van der Waals surface area contributed by atoms with Crippen molar-refractivity contribution in [2.24, 2.45) is 5.73 Å². The van der Waals surface area contributed by atoms with Crippen molar-refractivity contribution in [3.63, 3.8) is 0 Å². The molecular formula is C10H10BrNO2. The second-order valence-electron chi connectivity index (χ2n) is 3.48. The number of benzene rings is 1. The maximum absolute atomic E-state index is 10.8. The molecule has 0 fully saturated rings. The number of halogens is 1. The Balaban J connectivity index is 2.55. The number of carboxylic acids is 1. The molecule has 4 heteroatoms. The van der Waals surface area contributed by atoms with Crippen LogP contribution in [0, 0.1) is 0 Å². The van der Waals surface area contributed by atoms with Gasteiger partial charge in [-0.1, -0.05) is 0 Å². The maximum atomic E-state index is 10.8.